The van der Waals surface area contributed by atoms with Crippen LogP contribution in [0.3, 0.4) is 0 Å². The van der Waals surface area contributed by atoms with Crippen LogP contribution in [-0.2, 0) is 10.0 Å². The van der Waals surface area contributed by atoms with Gasteiger partial charge in [0.25, 0.3) is 0 Å². The average molecular weight is 339 g/mol. The molecule has 0 radical (unpaired) electrons. The summed E-state index contributed by atoms with van der Waals surface area (Å²) in [6.07, 6.45) is 0.0226. The molecule has 0 fully saturated rings. The molecular formula is C16H21NO3S2. The molecule has 2 rings (SSSR count). The fourth-order valence-electron chi connectivity index (χ4n) is 2.31. The Morgan fingerprint density at radius 3 is 2.41 bits per heavy atom. The summed E-state index contributed by atoms with van der Waals surface area (Å²) in [5.41, 5.74) is 1.02. The van der Waals surface area contributed by atoms with E-state index in [1.165, 1.54) is 11.3 Å². The first-order valence-electron chi connectivity index (χ1n) is 7.17. The predicted octanol–water partition coefficient (Wildman–Crippen LogP) is 2.89. The van der Waals surface area contributed by atoms with Crippen LogP contribution in [0.4, 0.5) is 0 Å². The molecular weight excluding hydrogens is 318 g/mol. The summed E-state index contributed by atoms with van der Waals surface area (Å²) in [5, 5.41) is 9.66. The molecule has 0 aliphatic heterocycles. The molecule has 0 saturated carbocycles. The molecule has 0 aliphatic rings. The van der Waals surface area contributed by atoms with E-state index in [1.807, 2.05) is 37.3 Å². The topological polar surface area (TPSA) is 66.4 Å². The van der Waals surface area contributed by atoms with Gasteiger partial charge in [-0.05, 0) is 43.9 Å². The van der Waals surface area contributed by atoms with Crippen molar-refractivity contribution in [3.63, 3.8) is 0 Å². The van der Waals surface area contributed by atoms with Gasteiger partial charge in [0.15, 0.2) is 0 Å². The molecule has 2 unspecified atom stereocenters. The molecule has 2 atom stereocenters. The Hall–Kier alpha value is -1.21. The van der Waals surface area contributed by atoms with Crippen LogP contribution in [0.5, 0.6) is 0 Å². The highest BCUT2D eigenvalue weighted by Gasteiger charge is 2.20. The van der Waals surface area contributed by atoms with Gasteiger partial charge in [-0.1, -0.05) is 30.3 Å². The number of aliphatic hydroxyl groups excluding tert-OH is 1. The highest BCUT2D eigenvalue weighted by atomic mass is 32.2. The zero-order valence-electron chi connectivity index (χ0n) is 12.7. The molecule has 22 heavy (non-hydrogen) atoms. The fourth-order valence-corrected chi connectivity index (χ4v) is 4.72. The lowest BCUT2D eigenvalue weighted by Gasteiger charge is -2.19. The molecule has 2 aromatic rings. The first-order chi connectivity index (χ1) is 10.4. The third kappa shape index (κ3) is 4.64. The second-order valence-corrected chi connectivity index (χ2v) is 8.69. The monoisotopic (exact) mass is 339 g/mol. The molecule has 1 aromatic heterocycles. The van der Waals surface area contributed by atoms with E-state index in [4.69, 9.17) is 0 Å². The van der Waals surface area contributed by atoms with Crippen LogP contribution in [0.15, 0.2) is 46.7 Å². The van der Waals surface area contributed by atoms with Gasteiger partial charge in [0.2, 0.25) is 10.0 Å². The number of aliphatic hydroxyl groups is 1. The Kier molecular flexibility index (Phi) is 5.74. The summed E-state index contributed by atoms with van der Waals surface area (Å²) in [7, 11) is -3.49. The molecule has 0 aliphatic carbocycles. The van der Waals surface area contributed by atoms with Crippen LogP contribution < -0.4 is 4.72 Å². The Morgan fingerprint density at radius 2 is 1.86 bits per heavy atom. The van der Waals surface area contributed by atoms with Crippen molar-refractivity contribution in [1.82, 2.24) is 4.72 Å². The third-order valence-corrected chi connectivity index (χ3v) is 6.31. The lowest BCUT2D eigenvalue weighted by atomic mass is 9.94. The molecule has 2 N–H and O–H groups in total. The van der Waals surface area contributed by atoms with Crippen molar-refractivity contribution >= 4 is 21.4 Å². The van der Waals surface area contributed by atoms with Gasteiger partial charge in [-0.3, -0.25) is 0 Å². The normalized spacial score (nSPS) is 14.7. The number of hydrogen-bond donors (Lipinski definition) is 2. The Balaban J connectivity index is 2.11. The molecule has 120 valence electrons. The zero-order chi connectivity index (χ0) is 16.2. The zero-order valence-corrected chi connectivity index (χ0v) is 14.3. The van der Waals surface area contributed by atoms with Crippen LogP contribution >= 0.6 is 11.3 Å². The standard InChI is InChI=1S/C16H21NO3S2/c1-12(18)10-15(14-6-4-3-5-7-14)11-17-22(19,20)16-9-8-13(2)21-16/h3-9,12,15,17-18H,10-11H2,1-2H3. The van der Waals surface area contributed by atoms with E-state index in [2.05, 4.69) is 4.72 Å². The molecule has 0 spiro atoms. The molecule has 0 bridgehead atoms. The minimum absolute atomic E-state index is 0.0583. The molecule has 4 nitrogen and oxygen atoms in total. The van der Waals surface area contributed by atoms with E-state index in [-0.39, 0.29) is 12.5 Å². The first kappa shape index (κ1) is 17.1. The summed E-state index contributed by atoms with van der Waals surface area (Å²) in [4.78, 5) is 0.962. The largest absolute Gasteiger partial charge is 0.393 e. The minimum atomic E-state index is -3.49. The van der Waals surface area contributed by atoms with Gasteiger partial charge >= 0.3 is 0 Å². The quantitative estimate of drug-likeness (QED) is 0.815. The van der Waals surface area contributed by atoms with Crippen LogP contribution in [0.2, 0.25) is 0 Å². The number of hydrogen-bond acceptors (Lipinski definition) is 4. The van der Waals surface area contributed by atoms with E-state index < -0.39 is 16.1 Å². The summed E-state index contributed by atoms with van der Waals surface area (Å²) in [6.45, 7) is 3.87. The van der Waals surface area contributed by atoms with Crippen LogP contribution in [-0.4, -0.2) is 26.2 Å². The van der Waals surface area contributed by atoms with E-state index in [0.29, 0.717) is 10.6 Å². The van der Waals surface area contributed by atoms with Crippen molar-refractivity contribution in [3.05, 3.63) is 52.9 Å². The van der Waals surface area contributed by atoms with Gasteiger partial charge in [0, 0.05) is 11.4 Å². The highest BCUT2D eigenvalue weighted by molar-refractivity contribution is 7.91. The molecule has 6 heteroatoms. The maximum Gasteiger partial charge on any atom is 0.250 e. The fraction of sp³-hybridized carbons (Fsp3) is 0.375. The van der Waals surface area contributed by atoms with Gasteiger partial charge in [0.05, 0.1) is 6.10 Å². The highest BCUT2D eigenvalue weighted by Crippen LogP contribution is 2.23. The van der Waals surface area contributed by atoms with E-state index in [9.17, 15) is 13.5 Å². The Morgan fingerprint density at radius 1 is 1.18 bits per heavy atom. The number of rotatable bonds is 7. The summed E-state index contributed by atoms with van der Waals surface area (Å²) in [5.74, 6) is -0.0583. The Bertz CT molecular complexity index is 693. The molecule has 0 saturated heterocycles. The molecule has 1 aromatic carbocycles. The summed E-state index contributed by atoms with van der Waals surface area (Å²) >= 11 is 1.26. The number of nitrogens with one attached hydrogen (secondary N) is 1. The van der Waals surface area contributed by atoms with Gasteiger partial charge < -0.3 is 5.11 Å². The Labute approximate surface area is 135 Å². The van der Waals surface area contributed by atoms with Crippen molar-refractivity contribution in [2.24, 2.45) is 0 Å². The van der Waals surface area contributed by atoms with Gasteiger partial charge in [-0.15, -0.1) is 11.3 Å². The van der Waals surface area contributed by atoms with Crippen molar-refractivity contribution in [1.29, 1.82) is 0 Å². The average Bonchev–Trinajstić information content (AvgIpc) is 2.91. The lowest BCUT2D eigenvalue weighted by Crippen LogP contribution is -2.29. The number of benzene rings is 1. The predicted molar refractivity (Wildman–Crippen MR) is 89.7 cm³/mol. The van der Waals surface area contributed by atoms with Crippen molar-refractivity contribution in [3.8, 4) is 0 Å². The van der Waals surface area contributed by atoms with Gasteiger partial charge in [-0.25, -0.2) is 13.1 Å². The van der Waals surface area contributed by atoms with E-state index >= 15 is 0 Å². The molecule has 1 heterocycles. The lowest BCUT2D eigenvalue weighted by molar-refractivity contribution is 0.174. The molecule has 0 amide bonds. The summed E-state index contributed by atoms with van der Waals surface area (Å²) in [6, 6.07) is 13.1. The maximum atomic E-state index is 12.3. The van der Waals surface area contributed by atoms with Crippen LogP contribution in [0.25, 0.3) is 0 Å². The van der Waals surface area contributed by atoms with Crippen molar-refractivity contribution < 1.29 is 13.5 Å². The SMILES string of the molecule is Cc1ccc(S(=O)(=O)NCC(CC(C)O)c2ccccc2)s1. The second-order valence-electron chi connectivity index (χ2n) is 5.41. The van der Waals surface area contributed by atoms with Crippen LogP contribution in [0, 0.1) is 6.92 Å². The van der Waals surface area contributed by atoms with Crippen LogP contribution in [0.1, 0.15) is 29.7 Å². The number of thiophene rings is 1. The first-order valence-corrected chi connectivity index (χ1v) is 9.47. The second kappa shape index (κ2) is 7.37. The van der Waals surface area contributed by atoms with Gasteiger partial charge in [0.1, 0.15) is 4.21 Å². The van der Waals surface area contributed by atoms with Crippen molar-refractivity contribution in [2.45, 2.75) is 36.5 Å². The third-order valence-electron chi connectivity index (χ3n) is 3.40. The van der Waals surface area contributed by atoms with Crippen molar-refractivity contribution in [2.75, 3.05) is 6.54 Å². The van der Waals surface area contributed by atoms with E-state index in [0.717, 1.165) is 10.4 Å². The maximum absolute atomic E-state index is 12.3. The van der Waals surface area contributed by atoms with E-state index in [1.54, 1.807) is 19.1 Å². The summed E-state index contributed by atoms with van der Waals surface area (Å²) < 4.78 is 27.6. The van der Waals surface area contributed by atoms with Gasteiger partial charge in [-0.2, -0.15) is 0 Å². The smallest absolute Gasteiger partial charge is 0.250 e. The number of sulfonamides is 1. The number of aryl methyl sites for hydroxylation is 1. The minimum Gasteiger partial charge on any atom is -0.393 e.